The number of nitrogens with zero attached hydrogens (tertiary/aromatic N) is 1. The van der Waals surface area contributed by atoms with Crippen molar-refractivity contribution in [3.63, 3.8) is 0 Å². The van der Waals surface area contributed by atoms with E-state index in [9.17, 15) is 0 Å². The van der Waals surface area contributed by atoms with Gasteiger partial charge in [0.2, 0.25) is 0 Å². The zero-order valence-electron chi connectivity index (χ0n) is 33.4. The Morgan fingerprint density at radius 3 is 1.77 bits per heavy atom. The maximum atomic E-state index is 6.31. The standard InChI is InChI=1S/C59H39NO/c1-3-19-44(20-4-1)59(45-21-5-2-6-22-45)53-28-11-9-26-52(53)58-54(59)29-15-30-55(58)60(47-23-13-18-43(38-47)49-27-14-17-41-16-7-8-24-48(41)49)46-35-32-40(33-36-46)42-34-37-51-50-25-10-12-31-56(50)61-57(51)39-42/h1-39H. The van der Waals surface area contributed by atoms with Gasteiger partial charge in [-0.2, -0.15) is 0 Å². The van der Waals surface area contributed by atoms with E-state index in [1.54, 1.807) is 0 Å². The maximum absolute atomic E-state index is 6.31. The van der Waals surface area contributed by atoms with Gasteiger partial charge in [-0.05, 0) is 109 Å². The van der Waals surface area contributed by atoms with Crippen LogP contribution >= 0.6 is 0 Å². The summed E-state index contributed by atoms with van der Waals surface area (Å²) in [5, 5.41) is 4.74. The number of fused-ring (bicyclic) bond motifs is 7. The summed E-state index contributed by atoms with van der Waals surface area (Å²) < 4.78 is 6.31. The van der Waals surface area contributed by atoms with Crippen molar-refractivity contribution in [2.75, 3.05) is 4.90 Å². The average molecular weight is 778 g/mol. The van der Waals surface area contributed by atoms with Gasteiger partial charge in [-0.15, -0.1) is 0 Å². The SMILES string of the molecule is c1ccc(C2(c3ccccc3)c3ccccc3-c3c(N(c4ccc(-c5ccc6c(c5)oc5ccccc56)cc4)c4cccc(-c5cccc6ccccc56)c4)cccc32)cc1. The number of anilines is 3. The molecule has 0 radical (unpaired) electrons. The Morgan fingerprint density at radius 1 is 0.344 bits per heavy atom. The van der Waals surface area contributed by atoms with Crippen LogP contribution in [0.1, 0.15) is 22.3 Å². The molecule has 1 aromatic heterocycles. The average Bonchev–Trinajstić information content (AvgIpc) is 3.86. The molecule has 2 heteroatoms. The molecule has 0 unspecified atom stereocenters. The highest BCUT2D eigenvalue weighted by molar-refractivity contribution is 6.06. The van der Waals surface area contributed by atoms with Crippen molar-refractivity contribution in [2.24, 2.45) is 0 Å². The maximum Gasteiger partial charge on any atom is 0.136 e. The van der Waals surface area contributed by atoms with Crippen LogP contribution in [0, 0.1) is 0 Å². The molecular formula is C59H39NO. The molecule has 0 amide bonds. The van der Waals surface area contributed by atoms with Crippen LogP contribution in [0.15, 0.2) is 241 Å². The third-order valence-electron chi connectivity index (χ3n) is 12.7. The number of furan rings is 1. The predicted molar refractivity (Wildman–Crippen MR) is 254 cm³/mol. The number of para-hydroxylation sites is 1. The van der Waals surface area contributed by atoms with Gasteiger partial charge in [-0.25, -0.2) is 0 Å². The lowest BCUT2D eigenvalue weighted by Crippen LogP contribution is -2.28. The second-order valence-corrected chi connectivity index (χ2v) is 16.0. The fourth-order valence-corrected chi connectivity index (χ4v) is 10.1. The van der Waals surface area contributed by atoms with E-state index in [0.717, 1.165) is 50.1 Å². The van der Waals surface area contributed by atoms with E-state index in [2.05, 4.69) is 229 Å². The predicted octanol–water partition coefficient (Wildman–Crippen LogP) is 15.9. The Kier molecular flexibility index (Phi) is 8.11. The van der Waals surface area contributed by atoms with E-state index >= 15 is 0 Å². The van der Waals surface area contributed by atoms with Crippen molar-refractivity contribution in [3.05, 3.63) is 259 Å². The molecule has 1 aliphatic carbocycles. The minimum Gasteiger partial charge on any atom is -0.456 e. The van der Waals surface area contributed by atoms with Gasteiger partial charge >= 0.3 is 0 Å². The molecule has 61 heavy (non-hydrogen) atoms. The summed E-state index contributed by atoms with van der Waals surface area (Å²) in [7, 11) is 0. The molecule has 2 nitrogen and oxygen atoms in total. The van der Waals surface area contributed by atoms with Crippen molar-refractivity contribution in [3.8, 4) is 33.4 Å². The highest BCUT2D eigenvalue weighted by atomic mass is 16.3. The molecule has 0 saturated heterocycles. The van der Waals surface area contributed by atoms with E-state index in [0.29, 0.717) is 0 Å². The summed E-state index contributed by atoms with van der Waals surface area (Å²) in [6.07, 6.45) is 0. The summed E-state index contributed by atoms with van der Waals surface area (Å²) in [5.41, 5.74) is 16.8. The van der Waals surface area contributed by atoms with Crippen molar-refractivity contribution < 1.29 is 4.42 Å². The smallest absolute Gasteiger partial charge is 0.136 e. The molecule has 10 aromatic carbocycles. The zero-order chi connectivity index (χ0) is 40.3. The monoisotopic (exact) mass is 777 g/mol. The normalized spacial score (nSPS) is 12.7. The van der Waals surface area contributed by atoms with Crippen molar-refractivity contribution in [1.82, 2.24) is 0 Å². The fraction of sp³-hybridized carbons (Fsp3) is 0.0169. The highest BCUT2D eigenvalue weighted by Crippen LogP contribution is 2.59. The lowest BCUT2D eigenvalue weighted by molar-refractivity contribution is 0.669. The van der Waals surface area contributed by atoms with Crippen LogP contribution in [-0.4, -0.2) is 0 Å². The van der Waals surface area contributed by atoms with Crippen LogP contribution in [0.3, 0.4) is 0 Å². The van der Waals surface area contributed by atoms with Crippen LogP contribution in [0.25, 0.3) is 66.1 Å². The highest BCUT2D eigenvalue weighted by Gasteiger charge is 2.47. The first-order chi connectivity index (χ1) is 30.3. The molecule has 1 aliphatic rings. The van der Waals surface area contributed by atoms with Gasteiger partial charge in [0, 0.05) is 27.7 Å². The minimum absolute atomic E-state index is 0.514. The Bertz CT molecular complexity index is 3370. The Morgan fingerprint density at radius 2 is 0.951 bits per heavy atom. The minimum atomic E-state index is -0.514. The van der Waals surface area contributed by atoms with Crippen LogP contribution in [0.2, 0.25) is 0 Å². The van der Waals surface area contributed by atoms with Gasteiger partial charge in [0.05, 0.1) is 11.1 Å². The van der Waals surface area contributed by atoms with Gasteiger partial charge in [0.15, 0.2) is 0 Å². The number of hydrogen-bond donors (Lipinski definition) is 0. The first-order valence-electron chi connectivity index (χ1n) is 21.0. The third-order valence-corrected chi connectivity index (χ3v) is 12.7. The number of hydrogen-bond acceptors (Lipinski definition) is 2. The van der Waals surface area contributed by atoms with Gasteiger partial charge in [-0.1, -0.05) is 188 Å². The summed E-state index contributed by atoms with van der Waals surface area (Å²) in [5.74, 6) is 0. The number of rotatable bonds is 7. The van der Waals surface area contributed by atoms with Crippen molar-refractivity contribution in [1.29, 1.82) is 0 Å². The van der Waals surface area contributed by atoms with E-state index in [-0.39, 0.29) is 0 Å². The topological polar surface area (TPSA) is 16.4 Å². The van der Waals surface area contributed by atoms with E-state index in [1.807, 2.05) is 12.1 Å². The Hall–Kier alpha value is -7.94. The van der Waals surface area contributed by atoms with Crippen LogP contribution < -0.4 is 4.90 Å². The first-order valence-corrected chi connectivity index (χ1v) is 21.0. The van der Waals surface area contributed by atoms with Crippen molar-refractivity contribution >= 4 is 49.8 Å². The second kappa shape index (κ2) is 14.1. The molecular weight excluding hydrogens is 739 g/mol. The molecule has 11 aromatic rings. The van der Waals surface area contributed by atoms with Crippen molar-refractivity contribution in [2.45, 2.75) is 5.41 Å². The summed E-state index contributed by atoms with van der Waals surface area (Å²) >= 11 is 0. The molecule has 0 fully saturated rings. The molecule has 12 rings (SSSR count). The van der Waals surface area contributed by atoms with Gasteiger partial charge in [-0.3, -0.25) is 0 Å². The van der Waals surface area contributed by atoms with Gasteiger partial charge in [0.1, 0.15) is 11.2 Å². The molecule has 0 aliphatic heterocycles. The molecule has 0 saturated carbocycles. The zero-order valence-corrected chi connectivity index (χ0v) is 33.4. The van der Waals surface area contributed by atoms with Gasteiger partial charge < -0.3 is 9.32 Å². The quantitative estimate of drug-likeness (QED) is 0.160. The van der Waals surface area contributed by atoms with Crippen LogP contribution in [-0.2, 0) is 5.41 Å². The third kappa shape index (κ3) is 5.50. The Labute approximate surface area is 355 Å². The molecule has 1 heterocycles. The van der Waals surface area contributed by atoms with E-state index in [1.165, 1.54) is 55.3 Å². The second-order valence-electron chi connectivity index (χ2n) is 16.0. The molecule has 0 bridgehead atoms. The molecule has 286 valence electrons. The molecule has 0 N–H and O–H groups in total. The first kappa shape index (κ1) is 35.0. The number of benzene rings is 10. The molecule has 0 spiro atoms. The summed E-state index contributed by atoms with van der Waals surface area (Å²) in [4.78, 5) is 2.46. The lowest BCUT2D eigenvalue weighted by Gasteiger charge is -2.34. The lowest BCUT2D eigenvalue weighted by atomic mass is 9.68. The van der Waals surface area contributed by atoms with Crippen LogP contribution in [0.4, 0.5) is 17.1 Å². The van der Waals surface area contributed by atoms with E-state index < -0.39 is 5.41 Å². The molecule has 0 atom stereocenters. The largest absolute Gasteiger partial charge is 0.456 e. The van der Waals surface area contributed by atoms with Gasteiger partial charge in [0.25, 0.3) is 0 Å². The Balaban J connectivity index is 1.08. The summed E-state index contributed by atoms with van der Waals surface area (Å²) in [6.45, 7) is 0. The van der Waals surface area contributed by atoms with E-state index in [4.69, 9.17) is 4.42 Å². The fourth-order valence-electron chi connectivity index (χ4n) is 10.1. The van der Waals surface area contributed by atoms with Crippen LogP contribution in [0.5, 0.6) is 0 Å². The summed E-state index contributed by atoms with van der Waals surface area (Å²) in [6, 6.07) is 86.1.